The molecule has 2 bridgehead atoms. The van der Waals surface area contributed by atoms with Gasteiger partial charge in [-0.15, -0.1) is 0 Å². The molecule has 2 fully saturated rings. The zero-order chi connectivity index (χ0) is 19.4. The van der Waals surface area contributed by atoms with Crippen molar-refractivity contribution in [2.45, 2.75) is 83.5 Å². The van der Waals surface area contributed by atoms with Gasteiger partial charge in [0.1, 0.15) is 0 Å². The van der Waals surface area contributed by atoms with Crippen LogP contribution in [0, 0.1) is 6.92 Å². The van der Waals surface area contributed by atoms with Crippen LogP contribution in [0.1, 0.15) is 81.1 Å². The van der Waals surface area contributed by atoms with Gasteiger partial charge in [-0.1, -0.05) is 0 Å². The van der Waals surface area contributed by atoms with Crippen LogP contribution in [-0.2, 0) is 0 Å². The minimum atomic E-state index is -2.25. The summed E-state index contributed by atoms with van der Waals surface area (Å²) in [6.07, 6.45) is 8.95. The molecule has 2 saturated heterocycles. The fraction of sp³-hybridized carbons (Fsp3) is 0.682. The molecule has 27 heavy (non-hydrogen) atoms. The molecule has 2 aliphatic heterocycles. The summed E-state index contributed by atoms with van der Waals surface area (Å²) in [6, 6.07) is 3.95. The van der Waals surface area contributed by atoms with Crippen LogP contribution in [0.3, 0.4) is 0 Å². The van der Waals surface area contributed by atoms with Gasteiger partial charge in [-0.2, -0.15) is 0 Å². The molecule has 3 nitrogen and oxygen atoms in total. The first-order valence-electron chi connectivity index (χ1n) is 10.7. The average molecular weight is 411 g/mol. The Morgan fingerprint density at radius 2 is 1.59 bits per heavy atom. The molecule has 152 valence electrons. The zero-order valence-corrected chi connectivity index (χ0v) is 18.9. The number of aryl methyl sites for hydroxylation is 1. The number of fused-ring (bicyclic) bond motifs is 2. The molecule has 0 amide bonds. The van der Waals surface area contributed by atoms with Gasteiger partial charge in [-0.05, 0) is 0 Å². The number of unbranched alkanes of at least 4 members (excludes halogenated alkanes) is 2. The standard InChI is InChI=1S/C22H35O3PS/c1-4-6-12-24-17-14-16(3)21(20(15-17)25-13-7-5-2)22(23)26(27)18-8-9-19(26)11-10-18/h14-15,18-19,26-27H,4-13H2,1-3H3. The fourth-order valence-electron chi connectivity index (χ4n) is 4.75. The van der Waals surface area contributed by atoms with Gasteiger partial charge in [0.05, 0.1) is 0 Å². The molecule has 0 aliphatic carbocycles. The van der Waals surface area contributed by atoms with Gasteiger partial charge < -0.3 is 0 Å². The van der Waals surface area contributed by atoms with E-state index in [-0.39, 0.29) is 0 Å². The number of hydrogen-bond acceptors (Lipinski definition) is 4. The van der Waals surface area contributed by atoms with Crippen LogP contribution >= 0.6 is 18.7 Å². The Morgan fingerprint density at radius 1 is 1.04 bits per heavy atom. The van der Waals surface area contributed by atoms with Crippen molar-refractivity contribution in [1.29, 1.82) is 0 Å². The van der Waals surface area contributed by atoms with E-state index in [0.29, 0.717) is 35.8 Å². The van der Waals surface area contributed by atoms with Crippen LogP contribution in [0.5, 0.6) is 11.5 Å². The molecular weight excluding hydrogens is 375 g/mol. The van der Waals surface area contributed by atoms with Crippen molar-refractivity contribution in [2.75, 3.05) is 13.2 Å². The average Bonchev–Trinajstić information content (AvgIpc) is 3.15. The van der Waals surface area contributed by atoms with E-state index >= 15 is 0 Å². The molecule has 0 spiro atoms. The van der Waals surface area contributed by atoms with Gasteiger partial charge in [-0.3, -0.25) is 0 Å². The monoisotopic (exact) mass is 410 g/mol. The van der Waals surface area contributed by atoms with Crippen molar-refractivity contribution < 1.29 is 14.3 Å². The first kappa shape index (κ1) is 21.0. The van der Waals surface area contributed by atoms with Gasteiger partial charge in [0.25, 0.3) is 0 Å². The molecule has 0 radical (unpaired) electrons. The van der Waals surface area contributed by atoms with Gasteiger partial charge in [0.2, 0.25) is 0 Å². The van der Waals surface area contributed by atoms with Crippen molar-refractivity contribution in [1.82, 2.24) is 0 Å². The second-order valence-electron chi connectivity index (χ2n) is 8.22. The van der Waals surface area contributed by atoms with Crippen LogP contribution in [-0.4, -0.2) is 30.1 Å². The Hall–Kier alpha value is -0.730. The van der Waals surface area contributed by atoms with Crippen molar-refractivity contribution in [3.63, 3.8) is 0 Å². The first-order chi connectivity index (χ1) is 13.0. The second kappa shape index (κ2) is 9.18. The van der Waals surface area contributed by atoms with E-state index in [1.165, 1.54) is 25.7 Å². The third-order valence-electron chi connectivity index (χ3n) is 6.36. The second-order valence-corrected chi connectivity index (χ2v) is 14.2. The number of ether oxygens (including phenoxy) is 2. The summed E-state index contributed by atoms with van der Waals surface area (Å²) in [5.74, 6) is 1.53. The van der Waals surface area contributed by atoms with Crippen LogP contribution in [0.25, 0.3) is 0 Å². The van der Waals surface area contributed by atoms with E-state index in [0.717, 1.165) is 42.6 Å². The SMILES string of the molecule is CCCCOc1cc(C)c(C(=O)[PH]2(S)C3CCC2CC3)c(OCCCC)c1. The number of carbonyl (C=O) groups is 1. The molecule has 0 atom stereocenters. The Morgan fingerprint density at radius 3 is 2.15 bits per heavy atom. The molecule has 1 aromatic rings. The Bertz CT molecular complexity index is 656. The van der Waals surface area contributed by atoms with Crippen LogP contribution in [0.4, 0.5) is 0 Å². The molecule has 3 rings (SSSR count). The van der Waals surface area contributed by atoms with E-state index < -0.39 is 6.46 Å². The topological polar surface area (TPSA) is 35.5 Å². The number of thiol groups is 1. The number of rotatable bonds is 10. The number of hydrogen-bond donors (Lipinski definition) is 1. The van der Waals surface area contributed by atoms with Gasteiger partial charge in [-0.25, -0.2) is 0 Å². The molecule has 0 saturated carbocycles. The predicted octanol–water partition coefficient (Wildman–Crippen LogP) is 6.41. The number of benzene rings is 1. The molecule has 0 N–H and O–H groups in total. The maximum absolute atomic E-state index is 13.7. The normalized spacial score (nSPS) is 24.0. The molecule has 1 aromatic carbocycles. The summed E-state index contributed by atoms with van der Waals surface area (Å²) < 4.78 is 12.0. The molecular formula is C22H35O3PS. The Labute approximate surface area is 170 Å². The maximum atomic E-state index is 13.7. The molecule has 2 aliphatic rings. The Kier molecular flexibility index (Phi) is 7.14. The van der Waals surface area contributed by atoms with Crippen molar-refractivity contribution in [3.8, 4) is 11.5 Å². The Balaban J connectivity index is 1.91. The zero-order valence-electron chi connectivity index (χ0n) is 17.1. The summed E-state index contributed by atoms with van der Waals surface area (Å²) in [5, 5.41) is 0. The van der Waals surface area contributed by atoms with Crippen LogP contribution < -0.4 is 9.47 Å². The van der Waals surface area contributed by atoms with Crippen LogP contribution in [0.15, 0.2) is 12.1 Å². The van der Waals surface area contributed by atoms with E-state index in [2.05, 4.69) is 13.8 Å². The third-order valence-corrected chi connectivity index (χ3v) is 13.8. The summed E-state index contributed by atoms with van der Waals surface area (Å²) >= 11 is 5.14. The summed E-state index contributed by atoms with van der Waals surface area (Å²) in [4.78, 5) is 13.7. The van der Waals surface area contributed by atoms with Crippen molar-refractivity contribution >= 4 is 24.2 Å². The fourth-order valence-corrected chi connectivity index (χ4v) is 11.2. The van der Waals surface area contributed by atoms with Crippen molar-refractivity contribution in [3.05, 3.63) is 23.3 Å². The van der Waals surface area contributed by atoms with Gasteiger partial charge >= 0.3 is 170 Å². The van der Waals surface area contributed by atoms with E-state index in [1.54, 1.807) is 0 Å². The summed E-state index contributed by atoms with van der Waals surface area (Å²) in [6.45, 7) is 5.42. The van der Waals surface area contributed by atoms with Crippen LogP contribution in [0.2, 0.25) is 0 Å². The molecule has 5 heteroatoms. The minimum absolute atomic E-state index is 0.305. The van der Waals surface area contributed by atoms with E-state index in [1.807, 2.05) is 19.1 Å². The molecule has 0 aromatic heterocycles. The van der Waals surface area contributed by atoms with E-state index in [4.69, 9.17) is 21.7 Å². The van der Waals surface area contributed by atoms with E-state index in [9.17, 15) is 4.79 Å². The van der Waals surface area contributed by atoms with Gasteiger partial charge in [0, 0.05) is 0 Å². The third kappa shape index (κ3) is 4.17. The summed E-state index contributed by atoms with van der Waals surface area (Å²) in [5.41, 5.74) is 3.16. The first-order valence-corrected chi connectivity index (χ1v) is 14.1. The number of carbonyl (C=O) groups excluding carboxylic acids is 1. The summed E-state index contributed by atoms with van der Waals surface area (Å²) in [7, 11) is 0. The molecule has 2 heterocycles. The van der Waals surface area contributed by atoms with Crippen molar-refractivity contribution in [2.24, 2.45) is 0 Å². The predicted molar refractivity (Wildman–Crippen MR) is 120 cm³/mol. The van der Waals surface area contributed by atoms with Gasteiger partial charge in [0.15, 0.2) is 0 Å². The quantitative estimate of drug-likeness (QED) is 0.275. The molecule has 0 unspecified atom stereocenters.